The smallest absolute Gasteiger partial charge is 0.264 e. The maximum absolute atomic E-state index is 13.7. The van der Waals surface area contributed by atoms with Gasteiger partial charge in [0.15, 0.2) is 0 Å². The molecule has 0 aromatic heterocycles. The number of para-hydroxylation sites is 1. The van der Waals surface area contributed by atoms with Gasteiger partial charge in [0.1, 0.15) is 12.6 Å². The van der Waals surface area contributed by atoms with Gasteiger partial charge in [0.25, 0.3) is 10.0 Å². The number of carbonyl (C=O) groups excluding carboxylic acids is 2. The molecule has 0 saturated carbocycles. The Morgan fingerprint density at radius 1 is 0.861 bits per heavy atom. The third-order valence-corrected chi connectivity index (χ3v) is 8.34. The molecule has 0 heterocycles. The van der Waals surface area contributed by atoms with E-state index in [0.717, 1.165) is 4.31 Å². The summed E-state index contributed by atoms with van der Waals surface area (Å²) < 4.78 is 28.2. The zero-order valence-corrected chi connectivity index (χ0v) is 22.6. The molecule has 0 saturated heterocycles. The van der Waals surface area contributed by atoms with Crippen molar-refractivity contribution in [1.29, 1.82) is 0 Å². The second-order valence-electron chi connectivity index (χ2n) is 7.79. The number of likely N-dealkylation sites (N-methyl/N-ethyl adjacent to an activating group) is 1. The van der Waals surface area contributed by atoms with Crippen molar-refractivity contribution in [2.75, 3.05) is 17.9 Å². The van der Waals surface area contributed by atoms with Crippen molar-refractivity contribution in [1.82, 2.24) is 10.2 Å². The third-order valence-electron chi connectivity index (χ3n) is 5.54. The predicted molar refractivity (Wildman–Crippen MR) is 143 cm³/mol. The lowest BCUT2D eigenvalue weighted by Gasteiger charge is -2.32. The van der Waals surface area contributed by atoms with Crippen molar-refractivity contribution in [3.63, 3.8) is 0 Å². The molecule has 3 aromatic carbocycles. The van der Waals surface area contributed by atoms with Crippen molar-refractivity contribution in [2.45, 2.75) is 24.4 Å². The summed E-state index contributed by atoms with van der Waals surface area (Å²) in [5.74, 6) is -1.09. The van der Waals surface area contributed by atoms with Gasteiger partial charge < -0.3 is 10.2 Å². The highest BCUT2D eigenvalue weighted by atomic mass is 35.5. The van der Waals surface area contributed by atoms with E-state index >= 15 is 0 Å². The number of benzene rings is 3. The van der Waals surface area contributed by atoms with Crippen molar-refractivity contribution < 1.29 is 18.0 Å². The Kier molecular flexibility index (Phi) is 9.24. The van der Waals surface area contributed by atoms with E-state index in [4.69, 9.17) is 34.8 Å². The number of hydrogen-bond acceptors (Lipinski definition) is 4. The Hall–Kier alpha value is -2.78. The summed E-state index contributed by atoms with van der Waals surface area (Å²) in [6.07, 6.45) is 0. The molecule has 0 aliphatic heterocycles. The normalized spacial score (nSPS) is 12.0. The molecule has 2 amide bonds. The Morgan fingerprint density at radius 3 is 2.00 bits per heavy atom. The average Bonchev–Trinajstić information content (AvgIpc) is 2.87. The van der Waals surface area contributed by atoms with E-state index < -0.39 is 34.4 Å². The average molecular weight is 569 g/mol. The molecule has 0 unspecified atom stereocenters. The van der Waals surface area contributed by atoms with Gasteiger partial charge in [-0.2, -0.15) is 0 Å². The molecule has 0 spiro atoms. The molecule has 0 fully saturated rings. The first-order valence-electron chi connectivity index (χ1n) is 10.8. The molecular weight excluding hydrogens is 545 g/mol. The van der Waals surface area contributed by atoms with Gasteiger partial charge in [0.2, 0.25) is 11.8 Å². The topological polar surface area (TPSA) is 86.8 Å². The van der Waals surface area contributed by atoms with Gasteiger partial charge in [-0.05, 0) is 43.3 Å². The Morgan fingerprint density at radius 2 is 1.42 bits per heavy atom. The lowest BCUT2D eigenvalue weighted by Crippen LogP contribution is -2.50. The second kappa shape index (κ2) is 12.0. The fourth-order valence-corrected chi connectivity index (χ4v) is 5.79. The molecule has 0 aliphatic carbocycles. The number of amides is 2. The van der Waals surface area contributed by atoms with Gasteiger partial charge >= 0.3 is 0 Å². The largest absolute Gasteiger partial charge is 0.357 e. The summed E-state index contributed by atoms with van der Waals surface area (Å²) in [6, 6.07) is 18.0. The van der Waals surface area contributed by atoms with Crippen LogP contribution < -0.4 is 9.62 Å². The number of sulfonamides is 1. The van der Waals surface area contributed by atoms with Crippen LogP contribution in [-0.4, -0.2) is 44.8 Å². The van der Waals surface area contributed by atoms with E-state index in [1.807, 2.05) is 0 Å². The number of carbonyl (C=O) groups is 2. The minimum absolute atomic E-state index is 0.0160. The number of halogens is 3. The van der Waals surface area contributed by atoms with Gasteiger partial charge in [0, 0.05) is 29.2 Å². The van der Waals surface area contributed by atoms with Crippen LogP contribution in [0.5, 0.6) is 0 Å². The molecule has 3 rings (SSSR count). The molecule has 1 N–H and O–H groups in total. The second-order valence-corrected chi connectivity index (χ2v) is 10.9. The van der Waals surface area contributed by atoms with Gasteiger partial charge in [0.05, 0.1) is 15.6 Å². The Balaban J connectivity index is 2.07. The number of nitrogens with zero attached hydrogens (tertiary/aromatic N) is 2. The highest BCUT2D eigenvalue weighted by molar-refractivity contribution is 7.92. The number of hydrogen-bond donors (Lipinski definition) is 1. The van der Waals surface area contributed by atoms with Gasteiger partial charge in [-0.1, -0.05) is 71.2 Å². The van der Waals surface area contributed by atoms with Crippen LogP contribution in [-0.2, 0) is 26.2 Å². The Labute approximate surface area is 225 Å². The van der Waals surface area contributed by atoms with Gasteiger partial charge in [-0.15, -0.1) is 0 Å². The maximum Gasteiger partial charge on any atom is 0.264 e. The summed E-state index contributed by atoms with van der Waals surface area (Å²) >= 11 is 19.0. The van der Waals surface area contributed by atoms with Gasteiger partial charge in [-0.25, -0.2) is 8.42 Å². The van der Waals surface area contributed by atoms with Crippen molar-refractivity contribution >= 4 is 62.3 Å². The fraction of sp³-hybridized carbons (Fsp3) is 0.200. The minimum Gasteiger partial charge on any atom is -0.357 e. The first-order valence-corrected chi connectivity index (χ1v) is 13.4. The molecule has 7 nitrogen and oxygen atoms in total. The zero-order chi connectivity index (χ0) is 26.5. The van der Waals surface area contributed by atoms with Crippen molar-refractivity contribution in [2.24, 2.45) is 0 Å². The van der Waals surface area contributed by atoms with Crippen molar-refractivity contribution in [3.05, 3.63) is 93.4 Å². The molecule has 1 atom stereocenters. The van der Waals surface area contributed by atoms with Crippen LogP contribution in [0.2, 0.25) is 15.1 Å². The lowest BCUT2D eigenvalue weighted by atomic mass is 10.1. The summed E-state index contributed by atoms with van der Waals surface area (Å²) in [5.41, 5.74) is 0.555. The zero-order valence-electron chi connectivity index (χ0n) is 19.5. The summed E-state index contributed by atoms with van der Waals surface area (Å²) in [4.78, 5) is 27.5. The van der Waals surface area contributed by atoms with Crippen molar-refractivity contribution in [3.8, 4) is 0 Å². The van der Waals surface area contributed by atoms with Crippen LogP contribution in [0.1, 0.15) is 12.5 Å². The lowest BCUT2D eigenvalue weighted by molar-refractivity contribution is -0.139. The van der Waals surface area contributed by atoms with E-state index in [9.17, 15) is 18.0 Å². The molecule has 0 aliphatic rings. The first-order chi connectivity index (χ1) is 17.1. The third kappa shape index (κ3) is 6.13. The predicted octanol–water partition coefficient (Wildman–Crippen LogP) is 5.01. The maximum atomic E-state index is 13.7. The fourth-order valence-electron chi connectivity index (χ4n) is 3.53. The van der Waals surface area contributed by atoms with E-state index in [-0.39, 0.29) is 22.2 Å². The van der Waals surface area contributed by atoms with Crippen LogP contribution in [0.15, 0.2) is 77.7 Å². The molecule has 36 heavy (non-hydrogen) atoms. The quantitative estimate of drug-likeness (QED) is 0.393. The molecule has 11 heteroatoms. The summed E-state index contributed by atoms with van der Waals surface area (Å²) in [5, 5.41) is 3.28. The van der Waals surface area contributed by atoms with Crippen LogP contribution in [0.25, 0.3) is 0 Å². The molecule has 0 bridgehead atoms. The number of rotatable bonds is 9. The van der Waals surface area contributed by atoms with E-state index in [0.29, 0.717) is 15.6 Å². The standard InChI is InChI=1S/C25H24Cl3N3O4S/c1-17(25(33)29-2)30(15-19-20(26)12-8-13-21(19)27)24(32)16-31(23-14-7-6-11-22(23)28)36(34,35)18-9-4-3-5-10-18/h3-14,17H,15-16H2,1-2H3,(H,29,33)/t17-/m1/s1. The summed E-state index contributed by atoms with van der Waals surface area (Å²) in [6.45, 7) is 0.797. The van der Waals surface area contributed by atoms with Crippen LogP contribution in [0, 0.1) is 0 Å². The highest BCUT2D eigenvalue weighted by Crippen LogP contribution is 2.31. The molecule has 190 valence electrons. The van der Waals surface area contributed by atoms with Crippen LogP contribution in [0.3, 0.4) is 0 Å². The van der Waals surface area contributed by atoms with E-state index in [1.54, 1.807) is 48.5 Å². The van der Waals surface area contributed by atoms with Crippen LogP contribution in [0.4, 0.5) is 5.69 Å². The number of anilines is 1. The molecule has 0 radical (unpaired) electrons. The first kappa shape index (κ1) is 27.8. The number of nitrogens with one attached hydrogen (secondary N) is 1. The van der Waals surface area contributed by atoms with E-state index in [2.05, 4.69) is 5.32 Å². The molecular formula is C25H24Cl3N3O4S. The van der Waals surface area contributed by atoms with E-state index in [1.165, 1.54) is 43.1 Å². The summed E-state index contributed by atoms with van der Waals surface area (Å²) in [7, 11) is -2.75. The Bertz CT molecular complexity index is 1330. The monoisotopic (exact) mass is 567 g/mol. The SMILES string of the molecule is CNC(=O)[C@@H](C)N(Cc1c(Cl)cccc1Cl)C(=O)CN(c1ccccc1Cl)S(=O)(=O)c1ccccc1. The van der Waals surface area contributed by atoms with Gasteiger partial charge in [-0.3, -0.25) is 13.9 Å². The highest BCUT2D eigenvalue weighted by Gasteiger charge is 2.33. The van der Waals surface area contributed by atoms with Crippen LogP contribution >= 0.6 is 34.8 Å². The molecule has 3 aromatic rings. The minimum atomic E-state index is -4.20.